The average molecular weight is 272 g/mol. The number of hydrogen-bond donors (Lipinski definition) is 0. The summed E-state index contributed by atoms with van der Waals surface area (Å²) in [5.74, 6) is -0.987. The van der Waals surface area contributed by atoms with Crippen LogP contribution in [-0.4, -0.2) is 48.2 Å². The summed E-state index contributed by atoms with van der Waals surface area (Å²) < 4.78 is 61.9. The Bertz CT molecular complexity index is 428. The molecule has 2 aliphatic heterocycles. The Morgan fingerprint density at radius 1 is 1.18 bits per heavy atom. The number of amides is 1. The smallest absolute Gasteiger partial charge is 0.274 e. The van der Waals surface area contributed by atoms with Gasteiger partial charge in [-0.05, 0) is 12.8 Å². The van der Waals surface area contributed by atoms with Crippen molar-refractivity contribution in [3.8, 4) is 0 Å². The predicted molar refractivity (Wildman–Crippen MR) is 51.0 cm³/mol. The van der Waals surface area contributed by atoms with Gasteiger partial charge in [-0.25, -0.2) is 4.31 Å². The lowest BCUT2D eigenvalue weighted by atomic mass is 10.1. The van der Waals surface area contributed by atoms with Crippen LogP contribution in [0.25, 0.3) is 0 Å². The van der Waals surface area contributed by atoms with Gasteiger partial charge in [-0.1, -0.05) is 0 Å². The first-order valence-corrected chi connectivity index (χ1v) is 6.53. The topological polar surface area (TPSA) is 57.7 Å². The summed E-state index contributed by atoms with van der Waals surface area (Å²) >= 11 is 0. The van der Waals surface area contributed by atoms with E-state index in [-0.39, 0.29) is 17.4 Å². The molecule has 0 aromatic heterocycles. The fourth-order valence-corrected chi connectivity index (χ4v) is 3.80. The van der Waals surface area contributed by atoms with Gasteiger partial charge in [0.2, 0.25) is 5.91 Å². The fraction of sp³-hybridized carbons (Fsp3) is 0.875. The van der Waals surface area contributed by atoms with E-state index < -0.39 is 34.8 Å². The van der Waals surface area contributed by atoms with Crippen molar-refractivity contribution in [1.82, 2.24) is 8.61 Å². The van der Waals surface area contributed by atoms with Crippen LogP contribution in [0.2, 0.25) is 0 Å². The molecule has 98 valence electrons. The van der Waals surface area contributed by atoms with Gasteiger partial charge in [0.1, 0.15) is 0 Å². The summed E-state index contributed by atoms with van der Waals surface area (Å²) in [6.45, 7) is 0.355. The van der Waals surface area contributed by atoms with Gasteiger partial charge in [0.05, 0.1) is 6.42 Å². The highest BCUT2D eigenvalue weighted by Crippen LogP contribution is 2.37. The third-order valence-electron chi connectivity index (χ3n) is 2.91. The molecule has 9 heteroatoms. The predicted octanol–water partition coefficient (Wildman–Crippen LogP) is 0.490. The van der Waals surface area contributed by atoms with Crippen molar-refractivity contribution >= 4 is 16.1 Å². The zero-order valence-electron chi connectivity index (χ0n) is 8.77. The lowest BCUT2D eigenvalue weighted by Gasteiger charge is -2.41. The van der Waals surface area contributed by atoms with Crippen LogP contribution in [0.1, 0.15) is 19.3 Å². The fourth-order valence-electron chi connectivity index (χ4n) is 1.98. The van der Waals surface area contributed by atoms with Crippen LogP contribution in [0.5, 0.6) is 0 Å². The molecule has 17 heavy (non-hydrogen) atoms. The number of nitrogens with zero attached hydrogens (tertiary/aromatic N) is 2. The van der Waals surface area contributed by atoms with Gasteiger partial charge < -0.3 is 0 Å². The maximum atomic E-state index is 12.5. The molecule has 5 nitrogen and oxygen atoms in total. The second-order valence-corrected chi connectivity index (χ2v) is 5.87. The van der Waals surface area contributed by atoms with Crippen molar-refractivity contribution in [2.24, 2.45) is 0 Å². The molecule has 2 aliphatic rings. The molecular weight excluding hydrogens is 261 g/mol. The molecule has 1 unspecified atom stereocenters. The summed E-state index contributed by atoms with van der Waals surface area (Å²) in [7, 11) is -4.29. The molecule has 0 saturated carbocycles. The minimum absolute atomic E-state index is 0.0294. The largest absolute Gasteiger partial charge is 0.410 e. The Hall–Kier alpha value is -0.830. The van der Waals surface area contributed by atoms with E-state index in [2.05, 4.69) is 0 Å². The van der Waals surface area contributed by atoms with Gasteiger partial charge >= 0.3 is 16.4 Å². The first-order chi connectivity index (χ1) is 7.74. The van der Waals surface area contributed by atoms with Crippen LogP contribution in [0.15, 0.2) is 0 Å². The highest BCUT2D eigenvalue weighted by Gasteiger charge is 2.59. The van der Waals surface area contributed by atoms with Gasteiger partial charge in [0, 0.05) is 13.1 Å². The number of hydrogen-bond acceptors (Lipinski definition) is 3. The normalized spacial score (nSPS) is 27.4. The van der Waals surface area contributed by atoms with E-state index in [4.69, 9.17) is 0 Å². The Kier molecular flexibility index (Phi) is 2.85. The molecule has 0 aliphatic carbocycles. The maximum absolute atomic E-state index is 12.5. The Balaban J connectivity index is 2.23. The highest BCUT2D eigenvalue weighted by atomic mass is 32.2. The van der Waals surface area contributed by atoms with Gasteiger partial charge in [-0.3, -0.25) is 4.79 Å². The molecule has 0 N–H and O–H groups in total. The van der Waals surface area contributed by atoms with Crippen LogP contribution in [-0.2, 0) is 15.0 Å². The molecule has 1 atom stereocenters. The van der Waals surface area contributed by atoms with Crippen molar-refractivity contribution in [3.63, 3.8) is 0 Å². The van der Waals surface area contributed by atoms with Gasteiger partial charge in [0.15, 0.2) is 6.04 Å². The van der Waals surface area contributed by atoms with E-state index in [0.717, 1.165) is 4.31 Å². The van der Waals surface area contributed by atoms with Gasteiger partial charge in [-0.15, -0.1) is 0 Å². The number of carbonyl (C=O) groups is 1. The van der Waals surface area contributed by atoms with E-state index in [0.29, 0.717) is 12.8 Å². The molecule has 2 heterocycles. The number of β-lactam (4-membered cyclic amide) rings is 1. The van der Waals surface area contributed by atoms with Crippen molar-refractivity contribution in [1.29, 1.82) is 0 Å². The van der Waals surface area contributed by atoms with E-state index in [1.165, 1.54) is 0 Å². The molecule has 0 aromatic rings. The van der Waals surface area contributed by atoms with Crippen molar-refractivity contribution in [2.45, 2.75) is 31.5 Å². The molecule has 0 bridgehead atoms. The third kappa shape index (κ3) is 2.01. The summed E-state index contributed by atoms with van der Waals surface area (Å²) in [6.07, 6.45) is -4.26. The Labute approximate surface area is 96.4 Å². The van der Waals surface area contributed by atoms with E-state index >= 15 is 0 Å². The molecule has 1 amide bonds. The van der Waals surface area contributed by atoms with Crippen LogP contribution >= 0.6 is 0 Å². The number of carbonyl (C=O) groups excluding carboxylic acids is 1. The molecule has 2 rings (SSSR count). The summed E-state index contributed by atoms with van der Waals surface area (Å²) in [4.78, 5) is 11.1. The average Bonchev–Trinajstić information content (AvgIpc) is 2.64. The van der Waals surface area contributed by atoms with Gasteiger partial charge in [-0.2, -0.15) is 25.9 Å². The molecule has 0 radical (unpaired) electrons. The van der Waals surface area contributed by atoms with E-state index in [1.807, 2.05) is 0 Å². The molecule has 2 saturated heterocycles. The number of rotatable bonds is 2. The maximum Gasteiger partial charge on any atom is 0.410 e. The standard InChI is InChI=1S/C8H11F3N2O3S/c9-8(10,11)6-5-7(14)13(6)17(15,16)12-3-1-2-4-12/h6H,1-5H2. The minimum Gasteiger partial charge on any atom is -0.274 e. The monoisotopic (exact) mass is 272 g/mol. The van der Waals surface area contributed by atoms with Crippen molar-refractivity contribution < 1.29 is 26.4 Å². The van der Waals surface area contributed by atoms with E-state index in [9.17, 15) is 26.4 Å². The Morgan fingerprint density at radius 2 is 1.71 bits per heavy atom. The van der Waals surface area contributed by atoms with Crippen LogP contribution in [0.4, 0.5) is 13.2 Å². The molecule has 0 aromatic carbocycles. The number of halogens is 3. The molecular formula is C8H11F3N2O3S. The highest BCUT2D eigenvalue weighted by molar-refractivity contribution is 7.87. The Morgan fingerprint density at radius 3 is 2.12 bits per heavy atom. The lowest BCUT2D eigenvalue weighted by Crippen LogP contribution is -2.64. The minimum atomic E-state index is -4.69. The molecule has 0 spiro atoms. The van der Waals surface area contributed by atoms with Crippen molar-refractivity contribution in [3.05, 3.63) is 0 Å². The second kappa shape index (κ2) is 3.84. The first-order valence-electron chi connectivity index (χ1n) is 5.13. The zero-order valence-corrected chi connectivity index (χ0v) is 9.59. The lowest BCUT2D eigenvalue weighted by molar-refractivity contribution is -0.199. The zero-order chi connectivity index (χ0) is 12.8. The number of alkyl halides is 3. The van der Waals surface area contributed by atoms with E-state index in [1.54, 1.807) is 0 Å². The SMILES string of the molecule is O=C1CC(C(F)(F)F)N1S(=O)(=O)N1CCCC1. The first kappa shape index (κ1) is 12.6. The third-order valence-corrected chi connectivity index (χ3v) is 4.89. The summed E-state index contributed by atoms with van der Waals surface area (Å²) in [5, 5.41) is 0. The van der Waals surface area contributed by atoms with Crippen LogP contribution < -0.4 is 0 Å². The van der Waals surface area contributed by atoms with Crippen LogP contribution in [0, 0.1) is 0 Å². The quantitative estimate of drug-likeness (QED) is 0.687. The summed E-state index contributed by atoms with van der Waals surface area (Å²) in [5.41, 5.74) is 0. The molecule has 2 fully saturated rings. The van der Waals surface area contributed by atoms with Gasteiger partial charge in [0.25, 0.3) is 0 Å². The second-order valence-electron chi connectivity index (χ2n) is 4.07. The van der Waals surface area contributed by atoms with Crippen LogP contribution in [0.3, 0.4) is 0 Å². The van der Waals surface area contributed by atoms with Crippen molar-refractivity contribution in [2.75, 3.05) is 13.1 Å². The summed E-state index contributed by atoms with van der Waals surface area (Å²) in [6, 6.07) is -2.19.